The summed E-state index contributed by atoms with van der Waals surface area (Å²) in [5.74, 6) is -1.29. The molecule has 13 heteroatoms. The fraction of sp³-hybridized carbons (Fsp3) is 0.562. The number of hydrogen-bond acceptors (Lipinski definition) is 10. The van der Waals surface area contributed by atoms with Gasteiger partial charge in [-0.2, -0.15) is 0 Å². The molecule has 158 valence electrons. The molecule has 0 saturated carbocycles. The summed E-state index contributed by atoms with van der Waals surface area (Å²) in [6.45, 7) is 1.24. The molecule has 4 rings (SSSR count). The number of carbonyl (C=O) groups is 2. The average molecular weight is 573 g/mol. The third-order valence-electron chi connectivity index (χ3n) is 4.71. The van der Waals surface area contributed by atoms with Gasteiger partial charge in [0.05, 0.1) is 21.5 Å². The minimum atomic E-state index is -0.890. The SMILES string of the molecule is C[C@@H](O)[C@H]1C(=O)N2C(C(=O)OCc3oc(=O)oc3I)=C(SC3CC[S@@+]([O-])C3)S[C@H]12. The molecule has 0 radical (unpaired) electrons. The molecule has 29 heavy (non-hydrogen) atoms. The van der Waals surface area contributed by atoms with Gasteiger partial charge in [-0.1, -0.05) is 22.9 Å². The zero-order chi connectivity index (χ0) is 20.9. The quantitative estimate of drug-likeness (QED) is 0.229. The maximum Gasteiger partial charge on any atom is 0.519 e. The Hall–Kier alpha value is -0.610. The van der Waals surface area contributed by atoms with Crippen molar-refractivity contribution >= 4 is 69.2 Å². The number of aliphatic hydroxyl groups is 1. The van der Waals surface area contributed by atoms with Gasteiger partial charge in [0.25, 0.3) is 0 Å². The molecule has 3 aliphatic heterocycles. The molecule has 4 heterocycles. The topological polar surface area (TPSA) is 133 Å². The molecule has 2 saturated heterocycles. The summed E-state index contributed by atoms with van der Waals surface area (Å²) in [4.78, 5) is 37.9. The highest BCUT2D eigenvalue weighted by Gasteiger charge is 2.58. The zero-order valence-electron chi connectivity index (χ0n) is 15.0. The summed E-state index contributed by atoms with van der Waals surface area (Å²) in [7, 11) is 0. The van der Waals surface area contributed by atoms with Crippen molar-refractivity contribution in [3.8, 4) is 0 Å². The number of amides is 1. The molecule has 3 aliphatic rings. The highest BCUT2D eigenvalue weighted by Crippen LogP contribution is 2.55. The van der Waals surface area contributed by atoms with Crippen molar-refractivity contribution in [3.63, 3.8) is 0 Å². The molecule has 1 aromatic heterocycles. The zero-order valence-corrected chi connectivity index (χ0v) is 19.6. The predicted molar refractivity (Wildman–Crippen MR) is 114 cm³/mol. The minimum absolute atomic E-state index is 0.0870. The molecule has 1 unspecified atom stereocenters. The number of carbonyl (C=O) groups excluding carboxylic acids is 2. The lowest BCUT2D eigenvalue weighted by Crippen LogP contribution is -2.60. The normalized spacial score (nSPS) is 29.8. The fourth-order valence-corrected chi connectivity index (χ4v) is 8.98. The maximum atomic E-state index is 12.8. The third-order valence-corrected chi connectivity index (χ3v) is 10.1. The lowest BCUT2D eigenvalue weighted by Gasteiger charge is -2.43. The van der Waals surface area contributed by atoms with Crippen molar-refractivity contribution in [1.29, 1.82) is 0 Å². The summed E-state index contributed by atoms with van der Waals surface area (Å²) in [5.41, 5.74) is 0.130. The Morgan fingerprint density at radius 3 is 2.86 bits per heavy atom. The summed E-state index contributed by atoms with van der Waals surface area (Å²) in [6, 6.07) is 0. The van der Waals surface area contributed by atoms with Gasteiger partial charge < -0.3 is 23.2 Å². The van der Waals surface area contributed by atoms with Crippen LogP contribution >= 0.6 is 46.1 Å². The first-order chi connectivity index (χ1) is 13.8. The molecule has 9 nitrogen and oxygen atoms in total. The standard InChI is InChI=1S/C16H16INO8S3/c1-6(19)9-12(20)18-10(14(21)24-4-8-11(17)26-16(22)25-8)15(28-13(9)18)27-7-2-3-29(23)5-7/h6-7,9,13,19H,2-5H2,1H3/t6-,7?,9+,13-,29-/m1/s1. The summed E-state index contributed by atoms with van der Waals surface area (Å²) >= 11 is 3.66. The second-order valence-electron chi connectivity index (χ2n) is 6.69. The van der Waals surface area contributed by atoms with E-state index in [1.165, 1.54) is 28.4 Å². The number of β-lactam (4-membered cyclic amide) rings is 1. The van der Waals surface area contributed by atoms with E-state index in [9.17, 15) is 24.0 Å². The van der Waals surface area contributed by atoms with E-state index in [0.29, 0.717) is 15.7 Å². The molecule has 0 aliphatic carbocycles. The molecule has 1 N–H and O–H groups in total. The van der Waals surface area contributed by atoms with Crippen LogP contribution in [0.4, 0.5) is 0 Å². The minimum Gasteiger partial charge on any atom is -0.616 e. The molecule has 0 bridgehead atoms. The highest BCUT2D eigenvalue weighted by atomic mass is 127. The summed E-state index contributed by atoms with van der Waals surface area (Å²) in [5, 5.41) is 9.63. The van der Waals surface area contributed by atoms with E-state index in [2.05, 4.69) is 0 Å². The van der Waals surface area contributed by atoms with E-state index < -0.39 is 35.0 Å². The van der Waals surface area contributed by atoms with Gasteiger partial charge in [0, 0.05) is 29.0 Å². The van der Waals surface area contributed by atoms with Gasteiger partial charge >= 0.3 is 11.8 Å². The van der Waals surface area contributed by atoms with Crippen LogP contribution in [0.1, 0.15) is 19.1 Å². The predicted octanol–water partition coefficient (Wildman–Crippen LogP) is 1.22. The number of aliphatic hydroxyl groups excluding tert-OH is 1. The lowest BCUT2D eigenvalue weighted by molar-refractivity contribution is -0.158. The largest absolute Gasteiger partial charge is 0.616 e. The van der Waals surface area contributed by atoms with Crippen LogP contribution < -0.4 is 5.82 Å². The molecular formula is C16H16INO8S3. The summed E-state index contributed by atoms with van der Waals surface area (Å²) in [6.07, 6.45) is -0.0702. The highest BCUT2D eigenvalue weighted by molar-refractivity contribution is 14.1. The van der Waals surface area contributed by atoms with Gasteiger partial charge in [0.15, 0.2) is 18.1 Å². The van der Waals surface area contributed by atoms with Crippen LogP contribution in [0.3, 0.4) is 0 Å². The number of rotatable bonds is 6. The second-order valence-corrected chi connectivity index (χ2v) is 12.0. The van der Waals surface area contributed by atoms with Crippen molar-refractivity contribution in [2.45, 2.75) is 36.7 Å². The lowest BCUT2D eigenvalue weighted by atomic mass is 9.92. The first-order valence-corrected chi connectivity index (χ1v) is 13.0. The van der Waals surface area contributed by atoms with E-state index in [-0.39, 0.29) is 38.4 Å². The van der Waals surface area contributed by atoms with Gasteiger partial charge in [-0.05, 0) is 6.92 Å². The van der Waals surface area contributed by atoms with E-state index in [1.54, 1.807) is 29.5 Å². The van der Waals surface area contributed by atoms with Crippen LogP contribution in [-0.2, 0) is 32.1 Å². The number of ether oxygens (including phenoxy) is 1. The smallest absolute Gasteiger partial charge is 0.519 e. The fourth-order valence-electron chi connectivity index (χ4n) is 3.28. The van der Waals surface area contributed by atoms with Crippen molar-refractivity contribution in [2.75, 3.05) is 11.5 Å². The Labute approximate surface area is 190 Å². The molecule has 2 fully saturated rings. The summed E-state index contributed by atoms with van der Waals surface area (Å²) < 4.78 is 27.4. The Morgan fingerprint density at radius 1 is 1.52 bits per heavy atom. The van der Waals surface area contributed by atoms with Gasteiger partial charge in [0.2, 0.25) is 9.67 Å². The Balaban J connectivity index is 1.54. The Morgan fingerprint density at radius 2 is 2.28 bits per heavy atom. The van der Waals surface area contributed by atoms with E-state index in [1.807, 2.05) is 0 Å². The monoisotopic (exact) mass is 573 g/mol. The number of halogens is 1. The van der Waals surface area contributed by atoms with Crippen LogP contribution in [0.15, 0.2) is 23.6 Å². The van der Waals surface area contributed by atoms with Gasteiger partial charge in [-0.15, -0.1) is 11.8 Å². The van der Waals surface area contributed by atoms with Crippen LogP contribution in [0.5, 0.6) is 0 Å². The van der Waals surface area contributed by atoms with Crippen LogP contribution in [0, 0.1) is 9.68 Å². The molecule has 5 atom stereocenters. The van der Waals surface area contributed by atoms with Crippen LogP contribution in [0.25, 0.3) is 0 Å². The number of nitrogens with zero attached hydrogens (tertiary/aromatic N) is 1. The molecule has 1 amide bonds. The first-order valence-electron chi connectivity index (χ1n) is 8.65. The molecular weight excluding hydrogens is 557 g/mol. The van der Waals surface area contributed by atoms with E-state index in [4.69, 9.17) is 13.6 Å². The average Bonchev–Trinajstić information content (AvgIpc) is 3.28. The maximum absolute atomic E-state index is 12.8. The Kier molecular flexibility index (Phi) is 6.33. The van der Waals surface area contributed by atoms with Gasteiger partial charge in [0.1, 0.15) is 16.9 Å². The molecule has 1 aromatic rings. The van der Waals surface area contributed by atoms with E-state index >= 15 is 0 Å². The van der Waals surface area contributed by atoms with Crippen molar-refractivity contribution in [2.24, 2.45) is 5.92 Å². The van der Waals surface area contributed by atoms with Gasteiger partial charge in [-0.25, -0.2) is 9.59 Å². The molecule has 0 aromatic carbocycles. The number of thioether (sulfide) groups is 2. The van der Waals surface area contributed by atoms with Crippen molar-refractivity contribution in [3.05, 3.63) is 30.1 Å². The van der Waals surface area contributed by atoms with E-state index in [0.717, 1.165) is 6.42 Å². The van der Waals surface area contributed by atoms with Crippen LogP contribution in [0.2, 0.25) is 0 Å². The van der Waals surface area contributed by atoms with Gasteiger partial charge in [-0.3, -0.25) is 9.69 Å². The van der Waals surface area contributed by atoms with Crippen molar-refractivity contribution < 1.29 is 32.8 Å². The van der Waals surface area contributed by atoms with Crippen molar-refractivity contribution in [1.82, 2.24) is 4.90 Å². The Bertz CT molecular complexity index is 928. The number of esters is 1. The number of fused-ring (bicyclic) bond motifs is 1. The second kappa shape index (κ2) is 8.49. The van der Waals surface area contributed by atoms with Crippen LogP contribution in [-0.4, -0.2) is 54.7 Å². The first kappa shape index (κ1) is 21.6. The number of hydrogen-bond donors (Lipinski definition) is 1. The molecule has 0 spiro atoms. The third kappa shape index (κ3) is 4.13.